The summed E-state index contributed by atoms with van der Waals surface area (Å²) in [4.78, 5) is 23.2. The first-order chi connectivity index (χ1) is 31.5. The van der Waals surface area contributed by atoms with Gasteiger partial charge in [0.15, 0.2) is 0 Å². The van der Waals surface area contributed by atoms with Crippen molar-refractivity contribution in [2.45, 2.75) is 264 Å². The fraction of sp³-hybridized carbons (Fsp3) is 0.839. The normalized spacial score (nSPS) is 14.4. The van der Waals surface area contributed by atoms with E-state index in [1.165, 1.54) is 186 Å². The van der Waals surface area contributed by atoms with Crippen LogP contribution in [0.1, 0.15) is 251 Å². The molecule has 65 heavy (non-hydrogen) atoms. The van der Waals surface area contributed by atoms with Gasteiger partial charge < -0.3 is 19.8 Å². The van der Waals surface area contributed by atoms with Crippen LogP contribution in [0.15, 0.2) is 48.6 Å². The Morgan fingerprint density at radius 3 is 1.23 bits per heavy atom. The van der Waals surface area contributed by atoms with Crippen molar-refractivity contribution >= 4 is 13.7 Å². The zero-order chi connectivity index (χ0) is 47.8. The highest BCUT2D eigenvalue weighted by molar-refractivity contribution is 7.47. The summed E-state index contributed by atoms with van der Waals surface area (Å²) in [6.45, 7) is 4.79. The summed E-state index contributed by atoms with van der Waals surface area (Å²) in [7, 11) is 1.55. The van der Waals surface area contributed by atoms with Gasteiger partial charge in [0, 0.05) is 6.42 Å². The second kappa shape index (κ2) is 47.5. The van der Waals surface area contributed by atoms with Gasteiger partial charge in [-0.15, -0.1) is 0 Å². The topological polar surface area (TPSA) is 105 Å². The number of quaternary nitrogens is 1. The van der Waals surface area contributed by atoms with Gasteiger partial charge in [-0.2, -0.15) is 0 Å². The molecule has 8 nitrogen and oxygen atoms in total. The number of carbonyl (C=O) groups is 1. The Hall–Kier alpha value is -1.54. The third kappa shape index (κ3) is 50.2. The van der Waals surface area contributed by atoms with E-state index >= 15 is 0 Å². The van der Waals surface area contributed by atoms with Crippen molar-refractivity contribution in [3.63, 3.8) is 0 Å². The molecule has 0 aliphatic carbocycles. The lowest BCUT2D eigenvalue weighted by atomic mass is 10.0. The Bertz CT molecular complexity index is 1200. The Kier molecular flexibility index (Phi) is 46.4. The van der Waals surface area contributed by atoms with Crippen LogP contribution in [0.2, 0.25) is 0 Å². The van der Waals surface area contributed by atoms with E-state index in [9.17, 15) is 19.4 Å². The molecule has 0 saturated heterocycles. The van der Waals surface area contributed by atoms with E-state index < -0.39 is 20.0 Å². The van der Waals surface area contributed by atoms with Gasteiger partial charge in [-0.05, 0) is 70.6 Å². The van der Waals surface area contributed by atoms with Crippen molar-refractivity contribution in [3.8, 4) is 0 Å². The largest absolute Gasteiger partial charge is 0.472 e. The van der Waals surface area contributed by atoms with E-state index in [4.69, 9.17) is 9.05 Å². The second-order valence-electron chi connectivity index (χ2n) is 19.9. The van der Waals surface area contributed by atoms with E-state index in [1.807, 2.05) is 27.2 Å². The molecule has 0 aromatic rings. The molecule has 0 heterocycles. The number of aliphatic hydroxyl groups is 1. The SMILES string of the molecule is CCCCCCCC/C=C/CC/C=C/CC/C=C/C(O)C(COP(=O)(O)OCC[N+](C)(C)C)NC(=O)CCCCCCCCCCCCCCCCC/C=C\CCCCCCCCCC. The first-order valence-electron chi connectivity index (χ1n) is 27.5. The number of phosphoric acid groups is 1. The average Bonchev–Trinajstić information content (AvgIpc) is 3.26. The van der Waals surface area contributed by atoms with Gasteiger partial charge in [-0.25, -0.2) is 4.57 Å². The van der Waals surface area contributed by atoms with E-state index in [2.05, 4.69) is 55.6 Å². The van der Waals surface area contributed by atoms with Gasteiger partial charge in [0.25, 0.3) is 0 Å². The third-order valence-electron chi connectivity index (χ3n) is 12.2. The molecule has 9 heteroatoms. The highest BCUT2D eigenvalue weighted by Gasteiger charge is 2.27. The molecule has 382 valence electrons. The predicted octanol–water partition coefficient (Wildman–Crippen LogP) is 16.4. The maximum atomic E-state index is 12.9. The zero-order valence-corrected chi connectivity index (χ0v) is 44.4. The molecule has 0 bridgehead atoms. The van der Waals surface area contributed by atoms with Crippen molar-refractivity contribution in [1.82, 2.24) is 5.32 Å². The van der Waals surface area contributed by atoms with E-state index in [0.717, 1.165) is 44.9 Å². The number of likely N-dealkylation sites (N-methyl/N-ethyl adjacent to an activating group) is 1. The number of phosphoric ester groups is 1. The van der Waals surface area contributed by atoms with Gasteiger partial charge >= 0.3 is 7.82 Å². The summed E-state index contributed by atoms with van der Waals surface area (Å²) in [6, 6.07) is -0.869. The maximum absolute atomic E-state index is 12.9. The Morgan fingerprint density at radius 2 is 0.846 bits per heavy atom. The minimum atomic E-state index is -4.35. The van der Waals surface area contributed by atoms with Crippen LogP contribution in [0.3, 0.4) is 0 Å². The average molecular weight is 936 g/mol. The van der Waals surface area contributed by atoms with Crippen LogP contribution in [-0.2, 0) is 18.4 Å². The van der Waals surface area contributed by atoms with Crippen LogP contribution >= 0.6 is 7.82 Å². The lowest BCUT2D eigenvalue weighted by Crippen LogP contribution is -2.45. The fourth-order valence-corrected chi connectivity index (χ4v) is 8.63. The Labute approximate surface area is 403 Å². The second-order valence-corrected chi connectivity index (χ2v) is 21.4. The highest BCUT2D eigenvalue weighted by atomic mass is 31.2. The van der Waals surface area contributed by atoms with Crippen LogP contribution in [0.25, 0.3) is 0 Å². The number of nitrogens with zero attached hydrogens (tertiary/aromatic N) is 1. The van der Waals surface area contributed by atoms with Crippen LogP contribution in [0, 0.1) is 0 Å². The minimum absolute atomic E-state index is 0.0535. The van der Waals surface area contributed by atoms with E-state index in [-0.39, 0.29) is 19.1 Å². The van der Waals surface area contributed by atoms with Crippen molar-refractivity contribution in [1.29, 1.82) is 0 Å². The van der Waals surface area contributed by atoms with Crippen molar-refractivity contribution in [3.05, 3.63) is 48.6 Å². The molecule has 0 aromatic heterocycles. The smallest absolute Gasteiger partial charge is 0.387 e. The van der Waals surface area contributed by atoms with Gasteiger partial charge in [0.2, 0.25) is 5.91 Å². The lowest BCUT2D eigenvalue weighted by Gasteiger charge is -2.25. The van der Waals surface area contributed by atoms with Crippen molar-refractivity contribution in [2.24, 2.45) is 0 Å². The molecule has 3 unspecified atom stereocenters. The van der Waals surface area contributed by atoms with E-state index in [1.54, 1.807) is 6.08 Å². The van der Waals surface area contributed by atoms with Crippen molar-refractivity contribution < 1.29 is 32.9 Å². The number of carbonyl (C=O) groups excluding carboxylic acids is 1. The summed E-state index contributed by atoms with van der Waals surface area (Å²) in [5, 5.41) is 13.9. The predicted molar refractivity (Wildman–Crippen MR) is 281 cm³/mol. The fourth-order valence-electron chi connectivity index (χ4n) is 7.89. The number of unbranched alkanes of at least 4 members (excludes halogenated alkanes) is 31. The summed E-state index contributed by atoms with van der Waals surface area (Å²) < 4.78 is 23.6. The molecule has 3 atom stereocenters. The molecule has 3 N–H and O–H groups in total. The quantitative estimate of drug-likeness (QED) is 0.0243. The Balaban J connectivity index is 4.21. The number of rotatable bonds is 50. The van der Waals surface area contributed by atoms with Crippen LogP contribution in [-0.4, -0.2) is 73.4 Å². The first kappa shape index (κ1) is 63.5. The molecule has 0 aliphatic heterocycles. The Morgan fingerprint density at radius 1 is 0.508 bits per heavy atom. The molecule has 0 radical (unpaired) electrons. The molecule has 0 spiro atoms. The van der Waals surface area contributed by atoms with Crippen LogP contribution in [0.4, 0.5) is 0 Å². The highest BCUT2D eigenvalue weighted by Crippen LogP contribution is 2.43. The standard InChI is InChI=1S/C56H107N2O6P/c1-6-8-10-12-14-16-18-20-22-24-25-26-27-28-29-30-31-32-33-34-36-38-40-42-44-46-48-50-56(60)57-54(53-64-65(61,62)63-52-51-58(3,4)5)55(59)49-47-45-43-41-39-37-35-23-21-19-17-15-13-11-9-7-2/h21,23-25,39,41,47,49,54-55,59H,6-20,22,26-38,40,42-46,48,50-53H2,1-5H3,(H-,57,60,61,62)/p+1/b23-21+,25-24-,41-39+,49-47+. The molecule has 0 saturated carbocycles. The third-order valence-corrected chi connectivity index (χ3v) is 13.2. The van der Waals surface area contributed by atoms with Crippen LogP contribution in [0.5, 0.6) is 0 Å². The monoisotopic (exact) mass is 936 g/mol. The number of nitrogens with one attached hydrogen (secondary N) is 1. The molecule has 1 amide bonds. The van der Waals surface area contributed by atoms with Gasteiger partial charge in [0.05, 0.1) is 39.9 Å². The van der Waals surface area contributed by atoms with Crippen LogP contribution < -0.4 is 5.32 Å². The number of hydrogen-bond acceptors (Lipinski definition) is 5. The number of amides is 1. The minimum Gasteiger partial charge on any atom is -0.387 e. The van der Waals surface area contributed by atoms with Crippen molar-refractivity contribution in [2.75, 3.05) is 40.9 Å². The molecule has 0 aromatic carbocycles. The molecular weight excluding hydrogens is 828 g/mol. The summed E-state index contributed by atoms with van der Waals surface area (Å²) in [5.41, 5.74) is 0. The van der Waals surface area contributed by atoms with Gasteiger partial charge in [-0.3, -0.25) is 13.8 Å². The number of hydrogen-bond donors (Lipinski definition) is 3. The molecule has 0 rings (SSSR count). The number of allylic oxidation sites excluding steroid dienone is 7. The first-order valence-corrected chi connectivity index (χ1v) is 29.0. The summed E-state index contributed by atoms with van der Waals surface area (Å²) in [5.74, 6) is -0.189. The molecule has 0 fully saturated rings. The number of aliphatic hydroxyl groups excluding tert-OH is 1. The molecule has 0 aliphatic rings. The molecular formula is C56H108N2O6P+. The van der Waals surface area contributed by atoms with E-state index in [0.29, 0.717) is 17.4 Å². The summed E-state index contributed by atoms with van der Waals surface area (Å²) in [6.07, 6.45) is 62.1. The van der Waals surface area contributed by atoms with Gasteiger partial charge in [0.1, 0.15) is 13.2 Å². The lowest BCUT2D eigenvalue weighted by molar-refractivity contribution is -0.870. The van der Waals surface area contributed by atoms with Gasteiger partial charge in [-0.1, -0.05) is 223 Å². The zero-order valence-electron chi connectivity index (χ0n) is 43.5. The summed E-state index contributed by atoms with van der Waals surface area (Å²) >= 11 is 0. The maximum Gasteiger partial charge on any atom is 0.472 e.